The Bertz CT molecular complexity index is 572. The molecule has 0 amide bonds. The highest BCUT2D eigenvalue weighted by Gasteiger charge is 2.45. The van der Waals surface area contributed by atoms with E-state index in [1.165, 1.54) is 20.3 Å². The third kappa shape index (κ3) is 2.18. The van der Waals surface area contributed by atoms with Crippen molar-refractivity contribution in [2.45, 2.75) is 23.3 Å². The first-order valence-corrected chi connectivity index (χ1v) is 7.40. The molecule has 0 unspecified atom stereocenters. The van der Waals surface area contributed by atoms with E-state index in [9.17, 15) is 13.5 Å². The van der Waals surface area contributed by atoms with E-state index in [-0.39, 0.29) is 10.6 Å². The van der Waals surface area contributed by atoms with Gasteiger partial charge in [-0.25, -0.2) is 8.42 Å². The molecule has 0 aromatic heterocycles. The predicted octanol–water partition coefficient (Wildman–Crippen LogP) is 1.09. The molecule has 5 nitrogen and oxygen atoms in total. The highest BCUT2D eigenvalue weighted by atomic mass is 32.2. The molecule has 2 rings (SSSR count). The number of sulfone groups is 1. The number of benzene rings is 1. The highest BCUT2D eigenvalue weighted by molar-refractivity contribution is 7.90. The number of ether oxygens (including phenoxy) is 2. The third-order valence-corrected chi connectivity index (χ3v) is 4.19. The fourth-order valence-electron chi connectivity index (χ4n) is 1.91. The van der Waals surface area contributed by atoms with Crippen molar-refractivity contribution < 1.29 is 23.0 Å². The number of aliphatic hydroxyl groups is 1. The fourth-order valence-corrected chi connectivity index (χ4v) is 2.77. The lowest BCUT2D eigenvalue weighted by Crippen LogP contribution is -2.11. The zero-order valence-corrected chi connectivity index (χ0v) is 11.4. The van der Waals surface area contributed by atoms with Gasteiger partial charge in [0.2, 0.25) is 0 Å². The molecule has 1 N–H and O–H groups in total. The summed E-state index contributed by atoms with van der Waals surface area (Å²) in [5.41, 5.74) is -0.510. The van der Waals surface area contributed by atoms with E-state index in [2.05, 4.69) is 0 Å². The number of methoxy groups -OCH3 is 2. The number of hydrogen-bond donors (Lipinski definition) is 1. The minimum atomic E-state index is -3.45. The summed E-state index contributed by atoms with van der Waals surface area (Å²) in [4.78, 5) is 0.0414. The van der Waals surface area contributed by atoms with Crippen LogP contribution in [0.1, 0.15) is 18.4 Å². The van der Waals surface area contributed by atoms with Gasteiger partial charge in [0.15, 0.2) is 9.84 Å². The van der Waals surface area contributed by atoms with Gasteiger partial charge >= 0.3 is 0 Å². The SMILES string of the molecule is COc1cc(C2(O)CC2)c(OC)c(S(C)(=O)=O)c1. The van der Waals surface area contributed by atoms with Gasteiger partial charge in [0.05, 0.1) is 19.8 Å². The van der Waals surface area contributed by atoms with Gasteiger partial charge in [-0.1, -0.05) is 0 Å². The monoisotopic (exact) mass is 272 g/mol. The summed E-state index contributed by atoms with van der Waals surface area (Å²) in [5, 5.41) is 10.2. The molecule has 0 spiro atoms. The quantitative estimate of drug-likeness (QED) is 0.888. The predicted molar refractivity (Wildman–Crippen MR) is 65.8 cm³/mol. The van der Waals surface area contributed by atoms with Crippen LogP contribution in [0.4, 0.5) is 0 Å². The Labute approximate surface area is 106 Å². The number of hydrogen-bond acceptors (Lipinski definition) is 5. The van der Waals surface area contributed by atoms with Crippen molar-refractivity contribution in [1.82, 2.24) is 0 Å². The summed E-state index contributed by atoms with van der Waals surface area (Å²) in [6.07, 6.45) is 2.30. The van der Waals surface area contributed by atoms with Gasteiger partial charge in [0, 0.05) is 17.9 Å². The zero-order chi connectivity index (χ0) is 13.6. The third-order valence-electron chi connectivity index (χ3n) is 3.09. The molecule has 1 saturated carbocycles. The van der Waals surface area contributed by atoms with Crippen molar-refractivity contribution >= 4 is 9.84 Å². The van der Waals surface area contributed by atoms with E-state index < -0.39 is 15.4 Å². The maximum atomic E-state index is 11.8. The van der Waals surface area contributed by atoms with Gasteiger partial charge in [-0.2, -0.15) is 0 Å². The molecule has 0 radical (unpaired) electrons. The Morgan fingerprint density at radius 1 is 1.22 bits per heavy atom. The lowest BCUT2D eigenvalue weighted by molar-refractivity contribution is 0.146. The van der Waals surface area contributed by atoms with Crippen LogP contribution >= 0.6 is 0 Å². The highest BCUT2D eigenvalue weighted by Crippen LogP contribution is 2.51. The maximum absolute atomic E-state index is 11.8. The minimum Gasteiger partial charge on any atom is -0.497 e. The molecule has 0 bridgehead atoms. The van der Waals surface area contributed by atoms with Crippen LogP contribution < -0.4 is 9.47 Å². The van der Waals surface area contributed by atoms with Crippen LogP contribution in [-0.4, -0.2) is 34.0 Å². The molecule has 1 aromatic carbocycles. The van der Waals surface area contributed by atoms with E-state index in [0.717, 1.165) is 6.26 Å². The molecular weight excluding hydrogens is 256 g/mol. The Morgan fingerprint density at radius 2 is 1.83 bits per heavy atom. The van der Waals surface area contributed by atoms with Gasteiger partial charge in [0.25, 0.3) is 0 Å². The Hall–Kier alpha value is -1.27. The summed E-state index contributed by atoms with van der Waals surface area (Å²) in [5.74, 6) is 0.602. The largest absolute Gasteiger partial charge is 0.497 e. The van der Waals surface area contributed by atoms with Crippen LogP contribution in [0.25, 0.3) is 0 Å². The van der Waals surface area contributed by atoms with Crippen molar-refractivity contribution in [1.29, 1.82) is 0 Å². The van der Waals surface area contributed by atoms with Crippen LogP contribution in [0.3, 0.4) is 0 Å². The number of rotatable bonds is 4. The molecule has 6 heteroatoms. The molecule has 1 aliphatic carbocycles. The first-order chi connectivity index (χ1) is 8.31. The van der Waals surface area contributed by atoms with Crippen LogP contribution in [0.15, 0.2) is 17.0 Å². The van der Waals surface area contributed by atoms with Gasteiger partial charge in [-0.3, -0.25) is 0 Å². The smallest absolute Gasteiger partial charge is 0.179 e. The van der Waals surface area contributed by atoms with Crippen LogP contribution in [0, 0.1) is 0 Å². The second kappa shape index (κ2) is 4.13. The second-order valence-electron chi connectivity index (χ2n) is 4.51. The van der Waals surface area contributed by atoms with Crippen molar-refractivity contribution in [2.24, 2.45) is 0 Å². The summed E-state index contributed by atoms with van der Waals surface area (Å²) in [6, 6.07) is 3.03. The average Bonchev–Trinajstić information content (AvgIpc) is 3.05. The van der Waals surface area contributed by atoms with E-state index >= 15 is 0 Å². The molecule has 18 heavy (non-hydrogen) atoms. The summed E-state index contributed by atoms with van der Waals surface area (Å²) >= 11 is 0. The van der Waals surface area contributed by atoms with E-state index in [1.807, 2.05) is 0 Å². The summed E-state index contributed by atoms with van der Waals surface area (Å²) in [7, 11) is -0.602. The Balaban J connectivity index is 2.73. The van der Waals surface area contributed by atoms with Crippen molar-refractivity contribution in [3.05, 3.63) is 17.7 Å². The molecule has 1 fully saturated rings. The molecule has 1 aliphatic rings. The van der Waals surface area contributed by atoms with Crippen molar-refractivity contribution in [2.75, 3.05) is 20.5 Å². The van der Waals surface area contributed by atoms with Gasteiger partial charge in [-0.15, -0.1) is 0 Å². The minimum absolute atomic E-state index is 0.0414. The standard InChI is InChI=1S/C12H16O5S/c1-16-8-6-9(12(13)4-5-12)11(17-2)10(7-8)18(3,14)15/h6-7,13H,4-5H2,1-3H3. The molecule has 0 saturated heterocycles. The van der Waals surface area contributed by atoms with Crippen LogP contribution in [0.5, 0.6) is 11.5 Å². The molecule has 0 atom stereocenters. The zero-order valence-electron chi connectivity index (χ0n) is 10.6. The molecular formula is C12H16O5S. The molecule has 100 valence electrons. The van der Waals surface area contributed by atoms with Crippen molar-refractivity contribution in [3.8, 4) is 11.5 Å². The molecule has 1 aromatic rings. The molecule has 0 aliphatic heterocycles. The normalized spacial score (nSPS) is 17.3. The lowest BCUT2D eigenvalue weighted by Gasteiger charge is -2.17. The van der Waals surface area contributed by atoms with Gasteiger partial charge < -0.3 is 14.6 Å². The lowest BCUT2D eigenvalue weighted by atomic mass is 10.1. The average molecular weight is 272 g/mol. The van der Waals surface area contributed by atoms with Crippen LogP contribution in [0.2, 0.25) is 0 Å². The van der Waals surface area contributed by atoms with Gasteiger partial charge in [0.1, 0.15) is 16.4 Å². The van der Waals surface area contributed by atoms with Gasteiger partial charge in [-0.05, 0) is 18.9 Å². The van der Waals surface area contributed by atoms with E-state index in [4.69, 9.17) is 9.47 Å². The van der Waals surface area contributed by atoms with Crippen LogP contribution in [-0.2, 0) is 15.4 Å². The first kappa shape index (κ1) is 13.2. The van der Waals surface area contributed by atoms with E-state index in [0.29, 0.717) is 24.2 Å². The summed E-state index contributed by atoms with van der Waals surface area (Å²) in [6.45, 7) is 0. The first-order valence-electron chi connectivity index (χ1n) is 5.51. The molecule has 0 heterocycles. The fraction of sp³-hybridized carbons (Fsp3) is 0.500. The second-order valence-corrected chi connectivity index (χ2v) is 6.49. The summed E-state index contributed by atoms with van der Waals surface area (Å²) < 4.78 is 33.8. The van der Waals surface area contributed by atoms with Crippen molar-refractivity contribution in [3.63, 3.8) is 0 Å². The van der Waals surface area contributed by atoms with E-state index in [1.54, 1.807) is 6.07 Å². The topological polar surface area (TPSA) is 72.8 Å². The maximum Gasteiger partial charge on any atom is 0.179 e. The Morgan fingerprint density at radius 3 is 2.22 bits per heavy atom. The Kier molecular flexibility index (Phi) is 3.03.